The van der Waals surface area contributed by atoms with Crippen molar-refractivity contribution in [1.29, 1.82) is 0 Å². The Morgan fingerprint density at radius 1 is 1.50 bits per heavy atom. The number of aliphatic hydroxyl groups excluding tert-OH is 1. The zero-order chi connectivity index (χ0) is 13.4. The molecule has 0 heterocycles. The van der Waals surface area contributed by atoms with Crippen LogP contribution in [0.4, 0.5) is 0 Å². The third kappa shape index (κ3) is 4.31. The van der Waals surface area contributed by atoms with Crippen LogP contribution in [0.5, 0.6) is 0 Å². The summed E-state index contributed by atoms with van der Waals surface area (Å²) in [6.45, 7) is 4.12. The molecule has 0 aliphatic heterocycles. The molecule has 2 unspecified atom stereocenters. The van der Waals surface area contributed by atoms with Crippen LogP contribution in [0.25, 0.3) is 0 Å². The molecule has 4 heteroatoms. The van der Waals surface area contributed by atoms with E-state index in [1.807, 2.05) is 30.3 Å². The van der Waals surface area contributed by atoms with Crippen LogP contribution in [-0.4, -0.2) is 30.8 Å². The number of carbonyl (C=O) groups is 1. The largest absolute Gasteiger partial charge is 0.469 e. The van der Waals surface area contributed by atoms with Crippen LogP contribution >= 0.6 is 0 Å². The summed E-state index contributed by atoms with van der Waals surface area (Å²) < 4.78 is 4.63. The van der Waals surface area contributed by atoms with E-state index in [1.165, 1.54) is 7.11 Å². The van der Waals surface area contributed by atoms with E-state index in [2.05, 4.69) is 16.6 Å². The molecule has 0 spiro atoms. The number of hydrogen-bond acceptors (Lipinski definition) is 4. The Balaban J connectivity index is 2.74. The average Bonchev–Trinajstić information content (AvgIpc) is 2.43. The molecule has 1 rings (SSSR count). The normalized spacial score (nSPS) is 13.7. The zero-order valence-corrected chi connectivity index (χ0v) is 10.5. The minimum absolute atomic E-state index is 0.112. The number of rotatable bonds is 7. The Hall–Kier alpha value is -1.65. The van der Waals surface area contributed by atoms with Crippen molar-refractivity contribution in [2.75, 3.05) is 13.7 Å². The van der Waals surface area contributed by atoms with Crippen LogP contribution < -0.4 is 5.32 Å². The molecule has 1 aromatic rings. The number of benzene rings is 1. The monoisotopic (exact) mass is 249 g/mol. The molecule has 0 aliphatic rings. The van der Waals surface area contributed by atoms with Gasteiger partial charge >= 0.3 is 5.97 Å². The van der Waals surface area contributed by atoms with Gasteiger partial charge in [0.15, 0.2) is 0 Å². The first kappa shape index (κ1) is 14.4. The molecule has 0 aromatic heterocycles. The summed E-state index contributed by atoms with van der Waals surface area (Å²) in [6, 6.07) is 8.83. The van der Waals surface area contributed by atoms with Crippen LogP contribution in [0.3, 0.4) is 0 Å². The van der Waals surface area contributed by atoms with Crippen molar-refractivity contribution >= 4 is 5.97 Å². The second kappa shape index (κ2) is 7.63. The van der Waals surface area contributed by atoms with E-state index >= 15 is 0 Å². The predicted molar refractivity (Wildman–Crippen MR) is 70.0 cm³/mol. The number of methoxy groups -OCH3 is 1. The highest BCUT2D eigenvalue weighted by atomic mass is 16.5. The third-order valence-electron chi connectivity index (χ3n) is 2.66. The molecule has 0 saturated carbocycles. The number of esters is 1. The van der Waals surface area contributed by atoms with E-state index in [1.54, 1.807) is 6.08 Å². The molecule has 4 nitrogen and oxygen atoms in total. The van der Waals surface area contributed by atoms with Gasteiger partial charge in [-0.1, -0.05) is 36.4 Å². The zero-order valence-electron chi connectivity index (χ0n) is 10.5. The SMILES string of the molecule is C=CCNC(CC(=O)OC)C(O)c1ccccc1. The van der Waals surface area contributed by atoms with E-state index in [0.717, 1.165) is 5.56 Å². The van der Waals surface area contributed by atoms with E-state index in [4.69, 9.17) is 0 Å². The lowest BCUT2D eigenvalue weighted by atomic mass is 10.00. The summed E-state index contributed by atoms with van der Waals surface area (Å²) in [7, 11) is 1.34. The van der Waals surface area contributed by atoms with Gasteiger partial charge in [0.1, 0.15) is 0 Å². The van der Waals surface area contributed by atoms with Gasteiger partial charge in [-0.3, -0.25) is 4.79 Å². The van der Waals surface area contributed by atoms with Crippen LogP contribution in [0.1, 0.15) is 18.1 Å². The molecule has 1 aromatic carbocycles. The van der Waals surface area contributed by atoms with E-state index < -0.39 is 12.1 Å². The number of carbonyl (C=O) groups excluding carboxylic acids is 1. The van der Waals surface area contributed by atoms with Gasteiger partial charge in [-0.25, -0.2) is 0 Å². The molecule has 2 N–H and O–H groups in total. The molecule has 2 atom stereocenters. The molecule has 0 bridgehead atoms. The van der Waals surface area contributed by atoms with Crippen molar-refractivity contribution in [2.24, 2.45) is 0 Å². The maximum absolute atomic E-state index is 11.3. The molecule has 0 saturated heterocycles. The van der Waals surface area contributed by atoms with E-state index in [0.29, 0.717) is 6.54 Å². The lowest BCUT2D eigenvalue weighted by Crippen LogP contribution is -2.37. The highest BCUT2D eigenvalue weighted by molar-refractivity contribution is 5.70. The molecule has 18 heavy (non-hydrogen) atoms. The molecular weight excluding hydrogens is 230 g/mol. The summed E-state index contributed by atoms with van der Waals surface area (Å²) >= 11 is 0. The Kier molecular flexibility index (Phi) is 6.11. The van der Waals surface area contributed by atoms with Crippen molar-refractivity contribution in [3.63, 3.8) is 0 Å². The Morgan fingerprint density at radius 3 is 2.72 bits per heavy atom. The summed E-state index contributed by atoms with van der Waals surface area (Å²) in [4.78, 5) is 11.3. The maximum Gasteiger partial charge on any atom is 0.307 e. The predicted octanol–water partition coefficient (Wildman–Crippen LogP) is 1.43. The first-order valence-corrected chi connectivity index (χ1v) is 5.83. The van der Waals surface area contributed by atoms with Crippen molar-refractivity contribution in [2.45, 2.75) is 18.6 Å². The fourth-order valence-electron chi connectivity index (χ4n) is 1.68. The molecule has 0 amide bonds. The van der Waals surface area contributed by atoms with Gasteiger partial charge in [0.05, 0.1) is 19.6 Å². The fourth-order valence-corrected chi connectivity index (χ4v) is 1.68. The number of ether oxygens (including phenoxy) is 1. The van der Waals surface area contributed by atoms with Crippen LogP contribution in [0.15, 0.2) is 43.0 Å². The van der Waals surface area contributed by atoms with E-state index in [9.17, 15) is 9.90 Å². The number of nitrogens with one attached hydrogen (secondary N) is 1. The Bertz CT molecular complexity index is 378. The lowest BCUT2D eigenvalue weighted by Gasteiger charge is -2.23. The number of hydrogen-bond donors (Lipinski definition) is 2. The average molecular weight is 249 g/mol. The topological polar surface area (TPSA) is 58.6 Å². The highest BCUT2D eigenvalue weighted by Gasteiger charge is 2.23. The minimum atomic E-state index is -0.759. The van der Waals surface area contributed by atoms with Gasteiger partial charge in [-0.15, -0.1) is 6.58 Å². The molecular formula is C14H19NO3. The fraction of sp³-hybridized carbons (Fsp3) is 0.357. The van der Waals surface area contributed by atoms with Crippen molar-refractivity contribution in [1.82, 2.24) is 5.32 Å². The molecule has 0 radical (unpaired) electrons. The van der Waals surface area contributed by atoms with Crippen molar-refractivity contribution in [3.8, 4) is 0 Å². The second-order valence-corrected chi connectivity index (χ2v) is 3.94. The summed E-state index contributed by atoms with van der Waals surface area (Å²) in [5, 5.41) is 13.3. The first-order valence-electron chi connectivity index (χ1n) is 5.83. The van der Waals surface area contributed by atoms with Gasteiger partial charge in [0.2, 0.25) is 0 Å². The standard InChI is InChI=1S/C14H19NO3/c1-3-9-15-12(10-13(16)18-2)14(17)11-7-5-4-6-8-11/h3-8,12,14-15,17H,1,9-10H2,2H3. The Labute approximate surface area is 107 Å². The van der Waals surface area contributed by atoms with Crippen molar-refractivity contribution in [3.05, 3.63) is 48.6 Å². The maximum atomic E-state index is 11.3. The first-order chi connectivity index (χ1) is 8.69. The van der Waals surface area contributed by atoms with Crippen LogP contribution in [-0.2, 0) is 9.53 Å². The van der Waals surface area contributed by atoms with Gasteiger partial charge in [0, 0.05) is 12.6 Å². The van der Waals surface area contributed by atoms with E-state index in [-0.39, 0.29) is 12.4 Å². The molecule has 98 valence electrons. The Morgan fingerprint density at radius 2 is 2.17 bits per heavy atom. The number of aliphatic hydroxyl groups is 1. The van der Waals surface area contributed by atoms with Gasteiger partial charge in [0.25, 0.3) is 0 Å². The van der Waals surface area contributed by atoms with Gasteiger partial charge < -0.3 is 15.2 Å². The van der Waals surface area contributed by atoms with Crippen LogP contribution in [0, 0.1) is 0 Å². The minimum Gasteiger partial charge on any atom is -0.469 e. The van der Waals surface area contributed by atoms with Crippen molar-refractivity contribution < 1.29 is 14.6 Å². The van der Waals surface area contributed by atoms with Crippen LogP contribution in [0.2, 0.25) is 0 Å². The summed E-state index contributed by atoms with van der Waals surface area (Å²) in [6.07, 6.45) is 1.04. The smallest absolute Gasteiger partial charge is 0.307 e. The van der Waals surface area contributed by atoms with Gasteiger partial charge in [-0.2, -0.15) is 0 Å². The summed E-state index contributed by atoms with van der Waals surface area (Å²) in [5.41, 5.74) is 0.767. The third-order valence-corrected chi connectivity index (χ3v) is 2.66. The molecule has 0 aliphatic carbocycles. The molecule has 0 fully saturated rings. The highest BCUT2D eigenvalue weighted by Crippen LogP contribution is 2.18. The quantitative estimate of drug-likeness (QED) is 0.567. The second-order valence-electron chi connectivity index (χ2n) is 3.94. The van der Waals surface area contributed by atoms with Gasteiger partial charge in [-0.05, 0) is 5.56 Å². The summed E-state index contributed by atoms with van der Waals surface area (Å²) in [5.74, 6) is -0.355. The lowest BCUT2D eigenvalue weighted by molar-refractivity contribution is -0.142.